The molecule has 0 unspecified atom stereocenters. The number of nitrogens with one attached hydrogen (secondary N) is 4. The maximum Gasteiger partial charge on any atom is 0.316 e. The third-order valence-electron chi connectivity index (χ3n) is 4.32. The highest BCUT2D eigenvalue weighted by molar-refractivity contribution is 5.97. The number of amides is 4. The molecule has 30 heavy (non-hydrogen) atoms. The van der Waals surface area contributed by atoms with Crippen molar-refractivity contribution in [1.29, 1.82) is 0 Å². The SMILES string of the molecule is C[C@H](CNC(=O)c1ccc(-c2cn[nH]c2)cc1)NC(=O)c1cccc(NC(N)=O)c1. The highest BCUT2D eigenvalue weighted by Gasteiger charge is 2.13. The largest absolute Gasteiger partial charge is 0.351 e. The van der Waals surface area contributed by atoms with Crippen molar-refractivity contribution in [1.82, 2.24) is 20.8 Å². The first kappa shape index (κ1) is 20.6. The van der Waals surface area contributed by atoms with E-state index in [0.29, 0.717) is 16.8 Å². The summed E-state index contributed by atoms with van der Waals surface area (Å²) in [5.74, 6) is -0.558. The van der Waals surface area contributed by atoms with Crippen LogP contribution in [0.5, 0.6) is 0 Å². The lowest BCUT2D eigenvalue weighted by Gasteiger charge is -2.15. The molecule has 0 fully saturated rings. The Morgan fingerprint density at radius 2 is 1.80 bits per heavy atom. The zero-order valence-electron chi connectivity index (χ0n) is 16.3. The molecule has 1 aromatic heterocycles. The molecule has 0 aliphatic heterocycles. The van der Waals surface area contributed by atoms with E-state index < -0.39 is 6.03 Å². The summed E-state index contributed by atoms with van der Waals surface area (Å²) in [4.78, 5) is 35.7. The van der Waals surface area contributed by atoms with Gasteiger partial charge in [-0.2, -0.15) is 5.10 Å². The summed E-state index contributed by atoms with van der Waals surface area (Å²) in [5, 5.41) is 14.7. The molecule has 1 atom stereocenters. The third kappa shape index (κ3) is 5.44. The molecule has 0 aliphatic carbocycles. The Morgan fingerprint density at radius 3 is 2.47 bits per heavy atom. The number of nitrogens with zero attached hydrogens (tertiary/aromatic N) is 1. The van der Waals surface area contributed by atoms with Gasteiger partial charge < -0.3 is 21.7 Å². The lowest BCUT2D eigenvalue weighted by Crippen LogP contribution is -2.41. The van der Waals surface area contributed by atoms with Gasteiger partial charge in [0.05, 0.1) is 6.20 Å². The predicted octanol–water partition coefficient (Wildman–Crippen LogP) is 2.12. The smallest absolute Gasteiger partial charge is 0.316 e. The number of hydrogen-bond acceptors (Lipinski definition) is 4. The van der Waals surface area contributed by atoms with Crippen LogP contribution in [0.4, 0.5) is 10.5 Å². The molecule has 0 saturated carbocycles. The third-order valence-corrected chi connectivity index (χ3v) is 4.32. The number of nitrogens with two attached hydrogens (primary N) is 1. The fourth-order valence-electron chi connectivity index (χ4n) is 2.81. The number of aromatic amines is 1. The number of rotatable bonds is 7. The minimum atomic E-state index is -0.707. The molecule has 3 aromatic rings. The van der Waals surface area contributed by atoms with Crippen molar-refractivity contribution >= 4 is 23.5 Å². The maximum absolute atomic E-state index is 12.4. The van der Waals surface area contributed by atoms with E-state index in [9.17, 15) is 14.4 Å². The molecule has 154 valence electrons. The molecule has 0 saturated heterocycles. The Bertz CT molecular complexity index is 1030. The number of aromatic nitrogens is 2. The first-order valence-corrected chi connectivity index (χ1v) is 9.27. The van der Waals surface area contributed by atoms with Gasteiger partial charge in [-0.25, -0.2) is 4.79 Å². The lowest BCUT2D eigenvalue weighted by atomic mass is 10.1. The Balaban J connectivity index is 1.51. The molecule has 6 N–H and O–H groups in total. The van der Waals surface area contributed by atoms with Crippen molar-refractivity contribution in [3.05, 3.63) is 72.1 Å². The summed E-state index contributed by atoms with van der Waals surface area (Å²) in [5.41, 5.74) is 8.29. The number of hydrogen-bond donors (Lipinski definition) is 5. The summed E-state index contributed by atoms with van der Waals surface area (Å²) in [6.45, 7) is 2.04. The molecule has 9 nitrogen and oxygen atoms in total. The molecule has 3 rings (SSSR count). The van der Waals surface area contributed by atoms with Crippen molar-refractivity contribution in [2.75, 3.05) is 11.9 Å². The first-order valence-electron chi connectivity index (χ1n) is 9.27. The van der Waals surface area contributed by atoms with E-state index in [1.165, 1.54) is 6.07 Å². The molecule has 4 amide bonds. The van der Waals surface area contributed by atoms with Gasteiger partial charge in [-0.1, -0.05) is 18.2 Å². The Hall–Kier alpha value is -4.14. The van der Waals surface area contributed by atoms with Crippen LogP contribution >= 0.6 is 0 Å². The standard InChI is InChI=1S/C21H22N6O3/c1-13(26-20(29)16-3-2-4-18(9-16)27-21(22)30)10-23-19(28)15-7-5-14(6-8-15)17-11-24-25-12-17/h2-9,11-13H,10H2,1H3,(H,23,28)(H,24,25)(H,26,29)(H3,22,27,30)/t13-/m1/s1. The molecule has 2 aromatic carbocycles. The number of anilines is 1. The molecule has 9 heteroatoms. The van der Waals surface area contributed by atoms with E-state index in [2.05, 4.69) is 26.1 Å². The van der Waals surface area contributed by atoms with Crippen molar-refractivity contribution in [2.24, 2.45) is 5.73 Å². The number of H-pyrrole nitrogens is 1. The molecular weight excluding hydrogens is 384 g/mol. The molecule has 1 heterocycles. The van der Waals surface area contributed by atoms with Crippen molar-refractivity contribution in [2.45, 2.75) is 13.0 Å². The van der Waals surface area contributed by atoms with E-state index in [1.54, 1.807) is 49.6 Å². The predicted molar refractivity (Wildman–Crippen MR) is 113 cm³/mol. The van der Waals surface area contributed by atoms with Crippen molar-refractivity contribution in [3.8, 4) is 11.1 Å². The van der Waals surface area contributed by atoms with Crippen LogP contribution in [0.25, 0.3) is 11.1 Å². The van der Waals surface area contributed by atoms with Crippen LogP contribution in [0.1, 0.15) is 27.6 Å². The van der Waals surface area contributed by atoms with Gasteiger partial charge in [0.15, 0.2) is 0 Å². The number of carbonyl (C=O) groups excluding carboxylic acids is 3. The topological polar surface area (TPSA) is 142 Å². The fraction of sp³-hybridized carbons (Fsp3) is 0.143. The van der Waals surface area contributed by atoms with Crippen LogP contribution < -0.4 is 21.7 Å². The highest BCUT2D eigenvalue weighted by Crippen LogP contribution is 2.18. The van der Waals surface area contributed by atoms with Gasteiger partial charge >= 0.3 is 6.03 Å². The summed E-state index contributed by atoms with van der Waals surface area (Å²) in [7, 11) is 0. The zero-order valence-corrected chi connectivity index (χ0v) is 16.3. The van der Waals surface area contributed by atoms with E-state index in [-0.39, 0.29) is 24.4 Å². The second kappa shape index (κ2) is 9.37. The van der Waals surface area contributed by atoms with Crippen LogP contribution in [0.2, 0.25) is 0 Å². The number of primary amides is 1. The van der Waals surface area contributed by atoms with Gasteiger partial charge in [0, 0.05) is 41.2 Å². The van der Waals surface area contributed by atoms with Crippen LogP contribution in [-0.4, -0.2) is 40.6 Å². The molecular formula is C21H22N6O3. The van der Waals surface area contributed by atoms with Crippen molar-refractivity contribution in [3.63, 3.8) is 0 Å². The van der Waals surface area contributed by atoms with Crippen LogP contribution in [0.3, 0.4) is 0 Å². The Labute approximate surface area is 173 Å². The minimum absolute atomic E-state index is 0.234. The Morgan fingerprint density at radius 1 is 1.03 bits per heavy atom. The summed E-state index contributed by atoms with van der Waals surface area (Å²) >= 11 is 0. The molecule has 0 bridgehead atoms. The lowest BCUT2D eigenvalue weighted by molar-refractivity contribution is 0.0912. The average molecular weight is 406 g/mol. The van der Waals surface area contributed by atoms with Crippen LogP contribution in [-0.2, 0) is 0 Å². The van der Waals surface area contributed by atoms with E-state index >= 15 is 0 Å². The maximum atomic E-state index is 12.4. The summed E-state index contributed by atoms with van der Waals surface area (Å²) in [6.07, 6.45) is 3.48. The van der Waals surface area contributed by atoms with Crippen molar-refractivity contribution < 1.29 is 14.4 Å². The highest BCUT2D eigenvalue weighted by atomic mass is 16.2. The second-order valence-electron chi connectivity index (χ2n) is 6.72. The van der Waals surface area contributed by atoms with Crippen LogP contribution in [0, 0.1) is 0 Å². The second-order valence-corrected chi connectivity index (χ2v) is 6.72. The minimum Gasteiger partial charge on any atom is -0.351 e. The van der Waals surface area contributed by atoms with Crippen LogP contribution in [0.15, 0.2) is 60.9 Å². The normalized spacial score (nSPS) is 11.4. The number of benzene rings is 2. The monoisotopic (exact) mass is 406 g/mol. The van der Waals surface area contributed by atoms with Gasteiger partial charge in [-0.05, 0) is 42.8 Å². The van der Waals surface area contributed by atoms with E-state index in [1.807, 2.05) is 12.1 Å². The fourth-order valence-corrected chi connectivity index (χ4v) is 2.81. The summed E-state index contributed by atoms with van der Waals surface area (Å²) < 4.78 is 0. The van der Waals surface area contributed by atoms with Gasteiger partial charge in [0.2, 0.25) is 0 Å². The molecule has 0 spiro atoms. The molecule has 0 aliphatic rings. The van der Waals surface area contributed by atoms with Gasteiger partial charge in [-0.15, -0.1) is 0 Å². The van der Waals surface area contributed by atoms with Gasteiger partial charge in [0.1, 0.15) is 0 Å². The van der Waals surface area contributed by atoms with Gasteiger partial charge in [0.25, 0.3) is 11.8 Å². The number of carbonyl (C=O) groups is 3. The van der Waals surface area contributed by atoms with Gasteiger partial charge in [-0.3, -0.25) is 14.7 Å². The molecule has 0 radical (unpaired) electrons. The van der Waals surface area contributed by atoms with E-state index in [4.69, 9.17) is 5.73 Å². The zero-order chi connectivity index (χ0) is 21.5. The number of urea groups is 1. The summed E-state index contributed by atoms with van der Waals surface area (Å²) in [6, 6.07) is 12.6. The first-order chi connectivity index (χ1) is 14.4. The average Bonchev–Trinajstić information content (AvgIpc) is 3.27. The quantitative estimate of drug-likeness (QED) is 0.410. The van der Waals surface area contributed by atoms with E-state index in [0.717, 1.165) is 11.1 Å². The Kier molecular flexibility index (Phi) is 6.43.